The molecule has 0 fully saturated rings. The summed E-state index contributed by atoms with van der Waals surface area (Å²) in [6.45, 7) is -0.374. The molecule has 1 amide bonds. The maximum atomic E-state index is 13.2. The summed E-state index contributed by atoms with van der Waals surface area (Å²) >= 11 is 5.61. The van der Waals surface area contributed by atoms with Crippen LogP contribution in [-0.4, -0.2) is 27.1 Å². The van der Waals surface area contributed by atoms with Gasteiger partial charge in [0.05, 0.1) is 22.5 Å². The molecular formula is C23H20ClF3N2O4S. The predicted octanol–water partition coefficient (Wildman–Crippen LogP) is 5.34. The van der Waals surface area contributed by atoms with E-state index in [4.69, 9.17) is 16.3 Å². The van der Waals surface area contributed by atoms with Crippen LogP contribution in [0.2, 0.25) is 5.02 Å². The minimum atomic E-state index is -4.79. The summed E-state index contributed by atoms with van der Waals surface area (Å²) in [6, 6.07) is 18.5. The molecule has 0 atom stereocenters. The molecule has 0 aliphatic heterocycles. The number of halogens is 4. The Bertz CT molecular complexity index is 1250. The third-order valence-corrected chi connectivity index (χ3v) is 6.09. The van der Waals surface area contributed by atoms with Gasteiger partial charge in [-0.2, -0.15) is 13.2 Å². The molecule has 0 aromatic heterocycles. The van der Waals surface area contributed by atoms with Gasteiger partial charge >= 0.3 is 6.18 Å². The van der Waals surface area contributed by atoms with E-state index in [-0.39, 0.29) is 5.69 Å². The van der Waals surface area contributed by atoms with Gasteiger partial charge in [0.25, 0.3) is 0 Å². The van der Waals surface area contributed by atoms with Crippen LogP contribution in [0.5, 0.6) is 5.75 Å². The lowest BCUT2D eigenvalue weighted by molar-refractivity contribution is -0.137. The molecular weight excluding hydrogens is 493 g/mol. The molecule has 3 rings (SSSR count). The zero-order valence-corrected chi connectivity index (χ0v) is 19.4. The first-order valence-electron chi connectivity index (χ1n) is 9.84. The molecule has 0 spiro atoms. The number of benzene rings is 3. The van der Waals surface area contributed by atoms with Crippen molar-refractivity contribution in [1.29, 1.82) is 0 Å². The fourth-order valence-corrected chi connectivity index (χ4v) is 4.06. The number of rotatable bonds is 8. The van der Waals surface area contributed by atoms with Crippen LogP contribution in [0.15, 0.2) is 72.8 Å². The third kappa shape index (κ3) is 6.88. The number of amides is 1. The zero-order chi connectivity index (χ0) is 24.9. The predicted molar refractivity (Wildman–Crippen MR) is 124 cm³/mol. The molecule has 0 unspecified atom stereocenters. The van der Waals surface area contributed by atoms with E-state index in [1.54, 1.807) is 24.3 Å². The van der Waals surface area contributed by atoms with E-state index in [1.807, 2.05) is 30.3 Å². The van der Waals surface area contributed by atoms with Crippen LogP contribution in [0.4, 0.5) is 24.5 Å². The van der Waals surface area contributed by atoms with Crippen LogP contribution in [0, 0.1) is 0 Å². The number of carbonyl (C=O) groups excluding carboxylic acids is 1. The van der Waals surface area contributed by atoms with Crippen molar-refractivity contribution < 1.29 is 31.1 Å². The van der Waals surface area contributed by atoms with Gasteiger partial charge in [0.1, 0.15) is 18.9 Å². The Morgan fingerprint density at radius 2 is 1.68 bits per heavy atom. The number of anilines is 2. The van der Waals surface area contributed by atoms with E-state index < -0.39 is 39.2 Å². The number of nitrogens with zero attached hydrogens (tertiary/aromatic N) is 1. The Kier molecular flexibility index (Phi) is 7.73. The van der Waals surface area contributed by atoms with E-state index in [2.05, 4.69) is 5.32 Å². The van der Waals surface area contributed by atoms with Gasteiger partial charge in [-0.1, -0.05) is 41.9 Å². The van der Waals surface area contributed by atoms with Crippen molar-refractivity contribution >= 4 is 38.9 Å². The van der Waals surface area contributed by atoms with Crippen LogP contribution in [0.3, 0.4) is 0 Å². The Hall–Kier alpha value is -3.24. The quantitative estimate of drug-likeness (QED) is 0.442. The van der Waals surface area contributed by atoms with Crippen molar-refractivity contribution in [3.8, 4) is 5.75 Å². The zero-order valence-electron chi connectivity index (χ0n) is 17.8. The maximum Gasteiger partial charge on any atom is 0.417 e. The number of nitrogens with one attached hydrogen (secondary N) is 1. The monoisotopic (exact) mass is 512 g/mol. The van der Waals surface area contributed by atoms with Crippen molar-refractivity contribution in [2.45, 2.75) is 12.8 Å². The van der Waals surface area contributed by atoms with Crippen LogP contribution >= 0.6 is 11.6 Å². The highest BCUT2D eigenvalue weighted by molar-refractivity contribution is 7.92. The van der Waals surface area contributed by atoms with Crippen LogP contribution in [-0.2, 0) is 27.6 Å². The van der Waals surface area contributed by atoms with Crippen LogP contribution in [0.1, 0.15) is 11.1 Å². The number of hydrogen-bond acceptors (Lipinski definition) is 4. The van der Waals surface area contributed by atoms with Gasteiger partial charge in [0, 0.05) is 5.69 Å². The highest BCUT2D eigenvalue weighted by Crippen LogP contribution is 2.37. The molecule has 0 saturated heterocycles. The van der Waals surface area contributed by atoms with Gasteiger partial charge in [-0.3, -0.25) is 9.10 Å². The molecule has 0 radical (unpaired) electrons. The molecule has 0 saturated carbocycles. The first-order valence-corrected chi connectivity index (χ1v) is 12.1. The van der Waals surface area contributed by atoms with Crippen molar-refractivity contribution in [1.82, 2.24) is 0 Å². The Morgan fingerprint density at radius 1 is 1.03 bits per heavy atom. The summed E-state index contributed by atoms with van der Waals surface area (Å²) in [5, 5.41) is 1.94. The Balaban J connectivity index is 1.69. The normalized spacial score (nSPS) is 11.7. The first kappa shape index (κ1) is 25.4. The second-order valence-electron chi connectivity index (χ2n) is 7.28. The lowest BCUT2D eigenvalue weighted by atomic mass is 10.2. The molecule has 1 N–H and O–H groups in total. The molecule has 0 heterocycles. The van der Waals surface area contributed by atoms with Crippen molar-refractivity contribution in [3.63, 3.8) is 0 Å². The van der Waals surface area contributed by atoms with E-state index >= 15 is 0 Å². The van der Waals surface area contributed by atoms with Crippen molar-refractivity contribution in [3.05, 3.63) is 88.9 Å². The molecule has 3 aromatic rings. The number of hydrogen-bond donors (Lipinski definition) is 1. The SMILES string of the molecule is CS(=O)(=O)N(CC(=O)Nc1ccc(OCc2ccccc2)cc1)c1ccc(Cl)c(C(F)(F)F)c1. The highest BCUT2D eigenvalue weighted by atomic mass is 35.5. The molecule has 11 heteroatoms. The summed E-state index contributed by atoms with van der Waals surface area (Å²) < 4.78 is 70.2. The maximum absolute atomic E-state index is 13.2. The molecule has 180 valence electrons. The number of carbonyl (C=O) groups is 1. The van der Waals surface area contributed by atoms with Gasteiger partial charge in [0.2, 0.25) is 15.9 Å². The van der Waals surface area contributed by atoms with Gasteiger partial charge < -0.3 is 10.1 Å². The van der Waals surface area contributed by atoms with Crippen LogP contribution < -0.4 is 14.4 Å². The second-order valence-corrected chi connectivity index (χ2v) is 9.59. The largest absolute Gasteiger partial charge is 0.489 e. The van der Waals surface area contributed by atoms with Crippen molar-refractivity contribution in [2.24, 2.45) is 0 Å². The minimum Gasteiger partial charge on any atom is -0.489 e. The number of ether oxygens (including phenoxy) is 1. The summed E-state index contributed by atoms with van der Waals surface area (Å²) in [6.07, 6.45) is -4.00. The molecule has 6 nitrogen and oxygen atoms in total. The second kappa shape index (κ2) is 10.4. The molecule has 0 aliphatic carbocycles. The van der Waals surface area contributed by atoms with E-state index in [1.165, 1.54) is 0 Å². The number of alkyl halides is 3. The topological polar surface area (TPSA) is 75.7 Å². The van der Waals surface area contributed by atoms with E-state index in [0.717, 1.165) is 24.0 Å². The lowest BCUT2D eigenvalue weighted by Crippen LogP contribution is -2.37. The standard InChI is InChI=1S/C23H20ClF3N2O4S/c1-34(31,32)29(18-9-12-21(24)20(13-18)23(25,26)27)14-22(30)28-17-7-10-19(11-8-17)33-15-16-5-3-2-4-6-16/h2-13H,14-15H2,1H3,(H,28,30). The summed E-state index contributed by atoms with van der Waals surface area (Å²) in [5.41, 5.74) is -0.194. The van der Waals surface area contributed by atoms with Gasteiger partial charge in [0.15, 0.2) is 0 Å². The fraction of sp³-hybridized carbons (Fsp3) is 0.174. The molecule has 0 bridgehead atoms. The first-order chi connectivity index (χ1) is 15.9. The fourth-order valence-electron chi connectivity index (χ4n) is 2.99. The minimum absolute atomic E-state index is 0.334. The van der Waals surface area contributed by atoms with Gasteiger partial charge in [-0.25, -0.2) is 8.42 Å². The highest BCUT2D eigenvalue weighted by Gasteiger charge is 2.34. The third-order valence-electron chi connectivity index (χ3n) is 4.62. The molecule has 3 aromatic carbocycles. The average Bonchev–Trinajstić information content (AvgIpc) is 2.77. The Morgan fingerprint density at radius 3 is 2.26 bits per heavy atom. The van der Waals surface area contributed by atoms with E-state index in [0.29, 0.717) is 28.4 Å². The van der Waals surface area contributed by atoms with Gasteiger partial charge in [-0.15, -0.1) is 0 Å². The lowest BCUT2D eigenvalue weighted by Gasteiger charge is -2.23. The van der Waals surface area contributed by atoms with Gasteiger partial charge in [-0.05, 0) is 48.0 Å². The van der Waals surface area contributed by atoms with Crippen LogP contribution in [0.25, 0.3) is 0 Å². The molecule has 34 heavy (non-hydrogen) atoms. The smallest absolute Gasteiger partial charge is 0.417 e. The molecule has 0 aliphatic rings. The average molecular weight is 513 g/mol. The summed E-state index contributed by atoms with van der Waals surface area (Å²) in [4.78, 5) is 12.5. The van der Waals surface area contributed by atoms with Crippen molar-refractivity contribution in [2.75, 3.05) is 22.4 Å². The number of sulfonamides is 1. The Labute approximate surface area is 200 Å². The van der Waals surface area contributed by atoms with E-state index in [9.17, 15) is 26.4 Å². The summed E-state index contributed by atoms with van der Waals surface area (Å²) in [5.74, 6) is -0.188. The summed E-state index contributed by atoms with van der Waals surface area (Å²) in [7, 11) is -4.08.